The highest BCUT2D eigenvalue weighted by Crippen LogP contribution is 2.40. The number of hydrogen-bond donors (Lipinski definition) is 1. The Kier molecular flexibility index (Phi) is 6.05. The zero-order valence-electron chi connectivity index (χ0n) is 16.4. The summed E-state index contributed by atoms with van der Waals surface area (Å²) >= 11 is 1.18. The van der Waals surface area contributed by atoms with Gasteiger partial charge in [-0.2, -0.15) is 4.98 Å². The summed E-state index contributed by atoms with van der Waals surface area (Å²) in [6, 6.07) is 29.2. The maximum atomic E-state index is 12.2. The van der Waals surface area contributed by atoms with Crippen molar-refractivity contribution in [2.24, 2.45) is 5.16 Å². The fraction of sp³-hybridized carbons (Fsp3) is 0.0417. The smallest absolute Gasteiger partial charge is 0.359 e. The number of aromatic nitrogens is 1. The second-order valence-electron chi connectivity index (χ2n) is 6.55. The summed E-state index contributed by atoms with van der Waals surface area (Å²) in [5.41, 5.74) is 7.10. The van der Waals surface area contributed by atoms with E-state index in [1.54, 1.807) is 5.38 Å². The number of carbonyl (C=O) groups excluding carboxylic acids is 1. The third kappa shape index (κ3) is 4.46. The summed E-state index contributed by atoms with van der Waals surface area (Å²) in [5, 5.41) is 5.88. The minimum absolute atomic E-state index is 0.124. The normalized spacial score (nSPS) is 11.4. The van der Waals surface area contributed by atoms with Gasteiger partial charge < -0.3 is 15.3 Å². The lowest BCUT2D eigenvalue weighted by Gasteiger charge is -2.33. The van der Waals surface area contributed by atoms with E-state index in [1.807, 2.05) is 91.0 Å². The van der Waals surface area contributed by atoms with Crippen molar-refractivity contribution in [3.05, 3.63) is 113 Å². The van der Waals surface area contributed by atoms with Crippen LogP contribution in [0.2, 0.25) is 0 Å². The highest BCUT2D eigenvalue weighted by Gasteiger charge is 2.39. The van der Waals surface area contributed by atoms with Gasteiger partial charge in [0.05, 0.1) is 5.38 Å². The Morgan fingerprint density at radius 1 is 0.871 bits per heavy atom. The zero-order valence-corrected chi connectivity index (χ0v) is 17.2. The molecule has 0 spiro atoms. The molecule has 7 heteroatoms. The Morgan fingerprint density at radius 3 is 1.77 bits per heavy atom. The molecule has 2 N–H and O–H groups in total. The van der Waals surface area contributed by atoms with Crippen LogP contribution in [0.5, 0.6) is 5.88 Å². The number of nitrogens with two attached hydrogens (primary N) is 1. The molecular weight excluding hydrogens is 410 g/mol. The third-order valence-electron chi connectivity index (χ3n) is 4.59. The van der Waals surface area contributed by atoms with E-state index >= 15 is 0 Å². The Hall–Kier alpha value is -3.97. The first-order valence-corrected chi connectivity index (χ1v) is 10.4. The molecule has 0 radical (unpaired) electrons. The van der Waals surface area contributed by atoms with Crippen molar-refractivity contribution < 1.29 is 14.4 Å². The zero-order chi connectivity index (χ0) is 21.5. The molecule has 6 nitrogen and oxygen atoms in total. The molecule has 0 atom stereocenters. The molecule has 1 aromatic heterocycles. The molecule has 4 aromatic rings. The molecule has 0 aliphatic carbocycles. The number of oxime groups is 1. The molecule has 0 amide bonds. The fourth-order valence-corrected chi connectivity index (χ4v) is 3.74. The van der Waals surface area contributed by atoms with Crippen LogP contribution in [0.4, 0.5) is 5.13 Å². The van der Waals surface area contributed by atoms with Crippen LogP contribution in [0.25, 0.3) is 0 Å². The minimum atomic E-state index is -1.06. The third-order valence-corrected chi connectivity index (χ3v) is 5.25. The van der Waals surface area contributed by atoms with Gasteiger partial charge in [-0.25, -0.2) is 4.79 Å². The SMILES string of the molecule is Nc1nc(OC(=O)C=NOC(c2ccccc2)(c2ccccc2)c2ccccc2)cs1. The molecule has 31 heavy (non-hydrogen) atoms. The molecule has 3 aromatic carbocycles. The number of benzene rings is 3. The van der Waals surface area contributed by atoms with Gasteiger partial charge in [0.25, 0.3) is 0 Å². The molecule has 0 bridgehead atoms. The fourth-order valence-electron chi connectivity index (χ4n) is 3.27. The molecule has 0 saturated carbocycles. The Balaban J connectivity index is 1.72. The lowest BCUT2D eigenvalue weighted by atomic mass is 9.80. The van der Waals surface area contributed by atoms with Gasteiger partial charge in [0.2, 0.25) is 11.5 Å². The van der Waals surface area contributed by atoms with E-state index in [9.17, 15) is 4.79 Å². The van der Waals surface area contributed by atoms with E-state index in [0.717, 1.165) is 22.9 Å². The van der Waals surface area contributed by atoms with Gasteiger partial charge in [0, 0.05) is 16.7 Å². The van der Waals surface area contributed by atoms with Gasteiger partial charge in [-0.3, -0.25) is 0 Å². The van der Waals surface area contributed by atoms with Crippen molar-refractivity contribution in [1.29, 1.82) is 0 Å². The van der Waals surface area contributed by atoms with Gasteiger partial charge in [-0.1, -0.05) is 96.2 Å². The molecule has 0 aliphatic heterocycles. The molecular formula is C24H19N3O3S. The first-order chi connectivity index (χ1) is 15.2. The quantitative estimate of drug-likeness (QED) is 0.200. The van der Waals surface area contributed by atoms with Crippen LogP contribution in [0, 0.1) is 0 Å². The molecule has 154 valence electrons. The van der Waals surface area contributed by atoms with Gasteiger partial charge in [0.15, 0.2) is 11.3 Å². The van der Waals surface area contributed by atoms with Gasteiger partial charge in [0.1, 0.15) is 0 Å². The average Bonchev–Trinajstić information content (AvgIpc) is 3.23. The second-order valence-corrected chi connectivity index (χ2v) is 7.44. The van der Waals surface area contributed by atoms with Crippen molar-refractivity contribution in [3.8, 4) is 5.88 Å². The molecule has 0 aliphatic rings. The maximum Gasteiger partial charge on any atom is 0.359 e. The highest BCUT2D eigenvalue weighted by molar-refractivity contribution is 7.13. The summed E-state index contributed by atoms with van der Waals surface area (Å²) in [5.74, 6) is -0.590. The number of esters is 1. The average molecular weight is 430 g/mol. The Bertz CT molecular complexity index is 1070. The number of hydrogen-bond acceptors (Lipinski definition) is 7. The molecule has 0 unspecified atom stereocenters. The molecule has 1 heterocycles. The number of thiazole rings is 1. The number of nitrogens with zero attached hydrogens (tertiary/aromatic N) is 2. The van der Waals surface area contributed by atoms with E-state index in [-0.39, 0.29) is 5.88 Å². The predicted molar refractivity (Wildman–Crippen MR) is 121 cm³/mol. The topological polar surface area (TPSA) is 86.8 Å². The Labute approximate surface area is 183 Å². The van der Waals surface area contributed by atoms with Crippen LogP contribution in [0.15, 0.2) is 102 Å². The molecule has 0 saturated heterocycles. The second kappa shape index (κ2) is 9.23. The molecule has 0 fully saturated rings. The van der Waals surface area contributed by atoms with Gasteiger partial charge in [-0.05, 0) is 0 Å². The number of anilines is 1. The number of carbonyl (C=O) groups is 1. The van der Waals surface area contributed by atoms with Crippen molar-refractivity contribution in [2.45, 2.75) is 5.60 Å². The summed E-state index contributed by atoms with van der Waals surface area (Å²) in [7, 11) is 0. The standard InChI is InChI=1S/C24H19N3O3S/c25-23-27-21(17-31-23)29-22(28)16-26-30-24(18-10-4-1-5-11-18,19-12-6-2-7-13-19)20-14-8-3-9-15-20/h1-17H,(H2,25,27). The van der Waals surface area contributed by atoms with Crippen molar-refractivity contribution in [3.63, 3.8) is 0 Å². The van der Waals surface area contributed by atoms with Crippen LogP contribution in [-0.2, 0) is 15.2 Å². The van der Waals surface area contributed by atoms with Crippen LogP contribution in [-0.4, -0.2) is 17.2 Å². The van der Waals surface area contributed by atoms with Crippen LogP contribution >= 0.6 is 11.3 Å². The van der Waals surface area contributed by atoms with E-state index in [0.29, 0.717) is 5.13 Å². The summed E-state index contributed by atoms with van der Waals surface area (Å²) in [6.07, 6.45) is 0.985. The van der Waals surface area contributed by atoms with E-state index in [4.69, 9.17) is 15.3 Å². The lowest BCUT2D eigenvalue weighted by molar-refractivity contribution is -0.127. The highest BCUT2D eigenvalue weighted by atomic mass is 32.1. The first-order valence-electron chi connectivity index (χ1n) is 9.49. The Morgan fingerprint density at radius 2 is 1.35 bits per heavy atom. The predicted octanol–water partition coefficient (Wildman–Crippen LogP) is 4.63. The maximum absolute atomic E-state index is 12.2. The largest absolute Gasteiger partial charge is 0.402 e. The molecule has 4 rings (SSSR count). The van der Waals surface area contributed by atoms with Gasteiger partial charge >= 0.3 is 5.97 Å². The van der Waals surface area contributed by atoms with E-state index < -0.39 is 11.6 Å². The summed E-state index contributed by atoms with van der Waals surface area (Å²) in [6.45, 7) is 0. The monoisotopic (exact) mass is 429 g/mol. The summed E-state index contributed by atoms with van der Waals surface area (Å²) in [4.78, 5) is 22.2. The lowest BCUT2D eigenvalue weighted by Crippen LogP contribution is -2.31. The van der Waals surface area contributed by atoms with Crippen LogP contribution < -0.4 is 10.5 Å². The van der Waals surface area contributed by atoms with Crippen LogP contribution in [0.1, 0.15) is 16.7 Å². The van der Waals surface area contributed by atoms with Crippen molar-refractivity contribution in [2.75, 3.05) is 5.73 Å². The summed E-state index contributed by atoms with van der Waals surface area (Å²) < 4.78 is 5.12. The van der Waals surface area contributed by atoms with Crippen LogP contribution in [0.3, 0.4) is 0 Å². The number of nitrogen functional groups attached to an aromatic ring is 1. The van der Waals surface area contributed by atoms with Crippen molar-refractivity contribution in [1.82, 2.24) is 4.98 Å². The van der Waals surface area contributed by atoms with E-state index in [1.165, 1.54) is 11.3 Å². The number of rotatable bonds is 7. The first kappa shape index (κ1) is 20.3. The van der Waals surface area contributed by atoms with Crippen molar-refractivity contribution >= 4 is 28.7 Å². The van der Waals surface area contributed by atoms with Gasteiger partial charge in [-0.15, -0.1) is 11.3 Å². The number of ether oxygens (including phenoxy) is 1. The minimum Gasteiger partial charge on any atom is -0.402 e. The van der Waals surface area contributed by atoms with E-state index in [2.05, 4.69) is 10.1 Å².